The van der Waals surface area contributed by atoms with Crippen molar-refractivity contribution in [3.63, 3.8) is 0 Å². The van der Waals surface area contributed by atoms with Gasteiger partial charge in [0.25, 0.3) is 0 Å². The van der Waals surface area contributed by atoms with Gasteiger partial charge in [0.1, 0.15) is 0 Å². The molecule has 2 aliphatic rings. The number of hydrogen-bond donors (Lipinski definition) is 1. The molecule has 0 spiro atoms. The fourth-order valence-corrected chi connectivity index (χ4v) is 2.65. The second kappa shape index (κ2) is 4.74. The summed E-state index contributed by atoms with van der Waals surface area (Å²) in [4.78, 5) is 14.1. The first kappa shape index (κ1) is 11.9. The van der Waals surface area contributed by atoms with Crippen molar-refractivity contribution in [2.24, 2.45) is 0 Å². The molecule has 1 amide bonds. The summed E-state index contributed by atoms with van der Waals surface area (Å²) in [7, 11) is 0. The molecule has 2 rings (SSSR count). The maximum atomic E-state index is 12.0. The number of hydrogen-bond acceptors (Lipinski definition) is 2. The molecule has 0 radical (unpaired) electrons. The summed E-state index contributed by atoms with van der Waals surface area (Å²) in [5.41, 5.74) is 0.290. The molecule has 2 aliphatic carbocycles. The van der Waals surface area contributed by atoms with Gasteiger partial charge >= 0.3 is 0 Å². The third-order valence-electron chi connectivity index (χ3n) is 4.25. The van der Waals surface area contributed by atoms with Crippen LogP contribution in [0.25, 0.3) is 0 Å². The summed E-state index contributed by atoms with van der Waals surface area (Å²) in [5, 5.41) is 3.49. The lowest BCUT2D eigenvalue weighted by Crippen LogP contribution is -2.54. The van der Waals surface area contributed by atoms with E-state index in [-0.39, 0.29) is 0 Å². The summed E-state index contributed by atoms with van der Waals surface area (Å²) >= 11 is 0. The minimum Gasteiger partial charge on any atom is -0.339 e. The zero-order valence-corrected chi connectivity index (χ0v) is 10.6. The molecule has 3 heteroatoms. The van der Waals surface area contributed by atoms with Gasteiger partial charge in [0.15, 0.2) is 0 Å². The molecule has 0 aliphatic heterocycles. The van der Waals surface area contributed by atoms with Crippen LogP contribution in [0.4, 0.5) is 0 Å². The van der Waals surface area contributed by atoms with Crippen molar-refractivity contribution in [2.45, 2.75) is 64.0 Å². The number of likely N-dealkylation sites (N-methyl/N-ethyl adjacent to an activating group) is 1. The molecule has 0 atom stereocenters. The highest BCUT2D eigenvalue weighted by atomic mass is 16.2. The van der Waals surface area contributed by atoms with Crippen LogP contribution in [-0.2, 0) is 4.79 Å². The van der Waals surface area contributed by atoms with Gasteiger partial charge in [0.2, 0.25) is 5.91 Å². The van der Waals surface area contributed by atoms with E-state index in [2.05, 4.69) is 19.2 Å². The van der Waals surface area contributed by atoms with E-state index in [9.17, 15) is 4.79 Å². The van der Waals surface area contributed by atoms with Gasteiger partial charge in [-0.05, 0) is 45.4 Å². The van der Waals surface area contributed by atoms with Crippen LogP contribution in [0.1, 0.15) is 52.4 Å². The topological polar surface area (TPSA) is 32.3 Å². The third-order valence-corrected chi connectivity index (χ3v) is 4.25. The zero-order valence-electron chi connectivity index (χ0n) is 10.6. The molecule has 0 heterocycles. The quantitative estimate of drug-likeness (QED) is 0.747. The molecule has 16 heavy (non-hydrogen) atoms. The van der Waals surface area contributed by atoms with Crippen LogP contribution in [0.15, 0.2) is 0 Å². The minimum absolute atomic E-state index is 0.290. The normalized spacial score (nSPS) is 22.6. The minimum atomic E-state index is 0.290. The molecule has 1 N–H and O–H groups in total. The predicted molar refractivity (Wildman–Crippen MR) is 65.3 cm³/mol. The van der Waals surface area contributed by atoms with Crippen molar-refractivity contribution < 1.29 is 4.79 Å². The van der Waals surface area contributed by atoms with E-state index in [0.29, 0.717) is 24.0 Å². The van der Waals surface area contributed by atoms with Crippen LogP contribution in [0, 0.1) is 0 Å². The summed E-state index contributed by atoms with van der Waals surface area (Å²) in [5.74, 6) is 0.296. The van der Waals surface area contributed by atoms with Gasteiger partial charge in [-0.2, -0.15) is 0 Å². The second-order valence-electron chi connectivity index (χ2n) is 5.25. The molecule has 2 saturated carbocycles. The van der Waals surface area contributed by atoms with E-state index in [0.717, 1.165) is 13.0 Å². The molecule has 0 bridgehead atoms. The van der Waals surface area contributed by atoms with Crippen LogP contribution in [-0.4, -0.2) is 35.5 Å². The molecule has 0 aromatic carbocycles. The summed E-state index contributed by atoms with van der Waals surface area (Å²) in [6, 6.07) is 0.554. The van der Waals surface area contributed by atoms with Crippen molar-refractivity contribution in [1.29, 1.82) is 0 Å². The molecule has 0 unspecified atom stereocenters. The molecule has 0 aromatic rings. The number of carbonyl (C=O) groups excluding carboxylic acids is 1. The molecule has 0 saturated heterocycles. The van der Waals surface area contributed by atoms with Gasteiger partial charge < -0.3 is 10.2 Å². The van der Waals surface area contributed by atoms with E-state index in [1.165, 1.54) is 32.1 Å². The van der Waals surface area contributed by atoms with Crippen LogP contribution in [0.5, 0.6) is 0 Å². The lowest BCUT2D eigenvalue weighted by atomic mass is 9.75. The SMILES string of the molecule is CCN(C(=O)CNC1(CC)CCC1)C1CC1. The molecule has 92 valence electrons. The maximum absolute atomic E-state index is 12.0. The van der Waals surface area contributed by atoms with Crippen molar-refractivity contribution in [2.75, 3.05) is 13.1 Å². The van der Waals surface area contributed by atoms with Crippen LogP contribution >= 0.6 is 0 Å². The van der Waals surface area contributed by atoms with E-state index < -0.39 is 0 Å². The van der Waals surface area contributed by atoms with Crippen molar-refractivity contribution >= 4 is 5.91 Å². The number of nitrogens with zero attached hydrogens (tertiary/aromatic N) is 1. The standard InChI is InChI=1S/C13H24N2O/c1-3-13(8-5-9-13)14-10-12(16)15(4-2)11-6-7-11/h11,14H,3-10H2,1-2H3. The first-order valence-corrected chi connectivity index (χ1v) is 6.75. The number of nitrogens with one attached hydrogen (secondary N) is 1. The average molecular weight is 224 g/mol. The Morgan fingerprint density at radius 1 is 1.38 bits per heavy atom. The van der Waals surface area contributed by atoms with E-state index in [1.54, 1.807) is 0 Å². The highest BCUT2D eigenvalue weighted by molar-refractivity contribution is 5.79. The second-order valence-corrected chi connectivity index (χ2v) is 5.25. The Kier molecular flexibility index (Phi) is 3.53. The fraction of sp³-hybridized carbons (Fsp3) is 0.923. The van der Waals surface area contributed by atoms with E-state index in [1.807, 2.05) is 4.90 Å². The summed E-state index contributed by atoms with van der Waals surface area (Å²) in [6.07, 6.45) is 7.36. The zero-order chi connectivity index (χ0) is 11.6. The van der Waals surface area contributed by atoms with Crippen molar-refractivity contribution in [3.05, 3.63) is 0 Å². The average Bonchev–Trinajstić information content (AvgIpc) is 3.02. The van der Waals surface area contributed by atoms with Gasteiger partial charge in [-0.25, -0.2) is 0 Å². The van der Waals surface area contributed by atoms with Gasteiger partial charge in [0.05, 0.1) is 6.54 Å². The number of carbonyl (C=O) groups is 1. The highest BCUT2D eigenvalue weighted by Crippen LogP contribution is 2.34. The Hall–Kier alpha value is -0.570. The summed E-state index contributed by atoms with van der Waals surface area (Å²) in [6.45, 7) is 5.70. The lowest BCUT2D eigenvalue weighted by molar-refractivity contribution is -0.131. The van der Waals surface area contributed by atoms with Crippen LogP contribution in [0.2, 0.25) is 0 Å². The third kappa shape index (κ3) is 2.40. The smallest absolute Gasteiger partial charge is 0.236 e. The molecular weight excluding hydrogens is 200 g/mol. The molecule has 3 nitrogen and oxygen atoms in total. The Balaban J connectivity index is 1.77. The number of amides is 1. The fourth-order valence-electron chi connectivity index (χ4n) is 2.65. The lowest BCUT2D eigenvalue weighted by Gasteiger charge is -2.42. The van der Waals surface area contributed by atoms with Gasteiger partial charge in [-0.1, -0.05) is 6.92 Å². The first-order chi connectivity index (χ1) is 7.71. The van der Waals surface area contributed by atoms with E-state index in [4.69, 9.17) is 0 Å². The van der Waals surface area contributed by atoms with Gasteiger partial charge in [-0.3, -0.25) is 4.79 Å². The maximum Gasteiger partial charge on any atom is 0.236 e. The summed E-state index contributed by atoms with van der Waals surface area (Å²) < 4.78 is 0. The Bertz CT molecular complexity index is 251. The largest absolute Gasteiger partial charge is 0.339 e. The Morgan fingerprint density at radius 2 is 2.06 bits per heavy atom. The van der Waals surface area contributed by atoms with Crippen LogP contribution in [0.3, 0.4) is 0 Å². The Morgan fingerprint density at radius 3 is 2.44 bits per heavy atom. The van der Waals surface area contributed by atoms with Gasteiger partial charge in [-0.15, -0.1) is 0 Å². The predicted octanol–water partition coefficient (Wildman–Crippen LogP) is 1.92. The van der Waals surface area contributed by atoms with E-state index >= 15 is 0 Å². The molecule has 2 fully saturated rings. The van der Waals surface area contributed by atoms with Crippen molar-refractivity contribution in [3.8, 4) is 0 Å². The number of rotatable bonds is 6. The monoisotopic (exact) mass is 224 g/mol. The first-order valence-electron chi connectivity index (χ1n) is 6.75. The highest BCUT2D eigenvalue weighted by Gasteiger charge is 2.36. The molecular formula is C13H24N2O. The Labute approximate surface area is 98.6 Å². The van der Waals surface area contributed by atoms with Crippen LogP contribution < -0.4 is 5.32 Å². The van der Waals surface area contributed by atoms with Crippen molar-refractivity contribution in [1.82, 2.24) is 10.2 Å². The molecule has 0 aromatic heterocycles. The van der Waals surface area contributed by atoms with Gasteiger partial charge in [0, 0.05) is 18.1 Å².